The van der Waals surface area contributed by atoms with E-state index in [0.717, 1.165) is 37.4 Å². The van der Waals surface area contributed by atoms with Crippen LogP contribution in [0.5, 0.6) is 0 Å². The number of carbonyl (C=O) groups is 1. The van der Waals surface area contributed by atoms with Crippen LogP contribution in [0, 0.1) is 6.92 Å². The molecule has 1 saturated heterocycles. The molecule has 11 heteroatoms. The summed E-state index contributed by atoms with van der Waals surface area (Å²) in [4.78, 5) is 47.1. The largest absolute Gasteiger partial charge is 0.369 e. The number of fused-ring (bicyclic) bond motifs is 1. The molecule has 1 fully saturated rings. The molecule has 0 bridgehead atoms. The third-order valence-electron chi connectivity index (χ3n) is 6.91. The van der Waals surface area contributed by atoms with Crippen LogP contribution in [0.3, 0.4) is 0 Å². The number of hydrogen-bond acceptors (Lipinski definition) is 7. The Morgan fingerprint density at radius 1 is 1.00 bits per heavy atom. The monoisotopic (exact) mass is 574 g/mol. The number of hydrogen-bond donors (Lipinski definition) is 1. The van der Waals surface area contributed by atoms with E-state index in [1.165, 1.54) is 20.1 Å². The van der Waals surface area contributed by atoms with Crippen LogP contribution in [0.15, 0.2) is 69.2 Å². The highest BCUT2D eigenvalue weighted by molar-refractivity contribution is 8.27. The number of carbonyl (C=O) groups excluding carboxylic acids is 1. The average Bonchev–Trinajstić information content (AvgIpc) is 3.35. The number of thiocarbonyl (C=S) groups is 1. The Morgan fingerprint density at radius 2 is 1.75 bits per heavy atom. The van der Waals surface area contributed by atoms with Crippen molar-refractivity contribution in [2.75, 3.05) is 16.8 Å². The van der Waals surface area contributed by atoms with Gasteiger partial charge in [-0.2, -0.15) is 0 Å². The lowest BCUT2D eigenvalue weighted by Crippen LogP contribution is -2.33. The topological polar surface area (TPSA) is 93.6 Å². The van der Waals surface area contributed by atoms with E-state index in [1.54, 1.807) is 37.0 Å². The van der Waals surface area contributed by atoms with Gasteiger partial charge in [-0.05, 0) is 43.7 Å². The van der Waals surface area contributed by atoms with Crippen LogP contribution < -0.4 is 21.3 Å². The summed E-state index contributed by atoms with van der Waals surface area (Å²) < 4.78 is 4.89. The lowest BCUT2D eigenvalue weighted by molar-refractivity contribution is -0.113. The second-order valence-corrected chi connectivity index (χ2v) is 11.2. The zero-order valence-electron chi connectivity index (χ0n) is 22.6. The standard InChI is InChI=1S/C29H30N6O3S2/c1-4-5-6-11-16-30-25-21(26(36)33-17-12-10-15-23(33)31-25)18-22-27(37)34(29(39)40-22)24-19(2)32(3)35(28(24)38)20-13-8-7-9-14-20/h7-10,12-15,17-18,30H,4-6,11,16H2,1-3H3. The second kappa shape index (κ2) is 11.6. The van der Waals surface area contributed by atoms with Crippen molar-refractivity contribution in [3.8, 4) is 5.69 Å². The van der Waals surface area contributed by atoms with Crippen LogP contribution in [0.25, 0.3) is 17.4 Å². The van der Waals surface area contributed by atoms with Crippen LogP contribution in [-0.2, 0) is 11.8 Å². The predicted octanol–water partition coefficient (Wildman–Crippen LogP) is 4.89. The molecule has 9 nitrogen and oxygen atoms in total. The molecule has 0 aliphatic carbocycles. The minimum Gasteiger partial charge on any atom is -0.369 e. The van der Waals surface area contributed by atoms with Crippen molar-refractivity contribution in [1.29, 1.82) is 0 Å². The van der Waals surface area contributed by atoms with Gasteiger partial charge in [-0.1, -0.05) is 74.4 Å². The third kappa shape index (κ3) is 5.02. The number of para-hydroxylation sites is 1. The number of amides is 1. The Labute approximate surface area is 241 Å². The maximum absolute atomic E-state index is 13.7. The fraction of sp³-hybridized carbons (Fsp3) is 0.276. The molecule has 1 aliphatic heterocycles. The van der Waals surface area contributed by atoms with Crippen LogP contribution in [-0.4, -0.2) is 35.5 Å². The molecule has 0 atom stereocenters. The van der Waals surface area contributed by atoms with Crippen LogP contribution in [0.2, 0.25) is 0 Å². The highest BCUT2D eigenvalue weighted by Crippen LogP contribution is 2.36. The maximum atomic E-state index is 13.7. The SMILES string of the molecule is CCCCCCNc1nc2ccccn2c(=O)c1C=C1SC(=S)N(c2c(C)n(C)n(-c3ccccc3)c2=O)C1=O. The average molecular weight is 575 g/mol. The van der Waals surface area contributed by atoms with Gasteiger partial charge >= 0.3 is 0 Å². The van der Waals surface area contributed by atoms with Crippen LogP contribution in [0.4, 0.5) is 11.5 Å². The van der Waals surface area contributed by atoms with Gasteiger partial charge in [0.1, 0.15) is 17.2 Å². The first kappa shape index (κ1) is 27.6. The van der Waals surface area contributed by atoms with Gasteiger partial charge in [-0.25, -0.2) is 9.67 Å². The minimum absolute atomic E-state index is 0.194. The summed E-state index contributed by atoms with van der Waals surface area (Å²) in [5, 5.41) is 3.30. The highest BCUT2D eigenvalue weighted by Gasteiger charge is 2.38. The molecule has 0 unspecified atom stereocenters. The smallest absolute Gasteiger partial charge is 0.296 e. The first-order chi connectivity index (χ1) is 19.3. The van der Waals surface area contributed by atoms with Gasteiger partial charge in [-0.15, -0.1) is 0 Å². The van der Waals surface area contributed by atoms with Crippen molar-refractivity contribution < 1.29 is 4.79 Å². The highest BCUT2D eigenvalue weighted by atomic mass is 32.2. The van der Waals surface area contributed by atoms with Crippen molar-refractivity contribution in [2.24, 2.45) is 7.05 Å². The number of unbranched alkanes of at least 4 members (excludes halogenated alkanes) is 3. The van der Waals surface area contributed by atoms with Gasteiger partial charge in [-0.3, -0.25) is 28.4 Å². The van der Waals surface area contributed by atoms with E-state index >= 15 is 0 Å². The van der Waals surface area contributed by atoms with E-state index in [-0.39, 0.29) is 31.6 Å². The number of aromatic nitrogens is 4. The summed E-state index contributed by atoms with van der Waals surface area (Å²) in [6.07, 6.45) is 7.46. The lowest BCUT2D eigenvalue weighted by Gasteiger charge is -2.13. The first-order valence-electron chi connectivity index (χ1n) is 13.2. The summed E-state index contributed by atoms with van der Waals surface area (Å²) in [6.45, 7) is 4.58. The lowest BCUT2D eigenvalue weighted by atomic mass is 10.2. The van der Waals surface area contributed by atoms with E-state index in [4.69, 9.17) is 12.2 Å². The summed E-state index contributed by atoms with van der Waals surface area (Å²) >= 11 is 6.66. The van der Waals surface area contributed by atoms with E-state index < -0.39 is 5.91 Å². The zero-order chi connectivity index (χ0) is 28.4. The normalized spacial score (nSPS) is 14.6. The van der Waals surface area contributed by atoms with Gasteiger partial charge < -0.3 is 5.32 Å². The molecule has 4 aromatic rings. The first-order valence-corrected chi connectivity index (χ1v) is 14.4. The number of rotatable bonds is 9. The van der Waals surface area contributed by atoms with Gasteiger partial charge in [0.25, 0.3) is 17.0 Å². The van der Waals surface area contributed by atoms with Crippen LogP contribution in [0.1, 0.15) is 43.9 Å². The molecule has 5 rings (SSSR count). The molecule has 0 saturated carbocycles. The molecule has 1 amide bonds. The van der Waals surface area contributed by atoms with Gasteiger partial charge in [0, 0.05) is 19.8 Å². The van der Waals surface area contributed by atoms with E-state index in [2.05, 4.69) is 17.2 Å². The molecule has 1 aromatic carbocycles. The summed E-state index contributed by atoms with van der Waals surface area (Å²) in [7, 11) is 1.76. The number of nitrogens with zero attached hydrogens (tertiary/aromatic N) is 5. The quantitative estimate of drug-likeness (QED) is 0.173. The Hall–Kier alpha value is -3.96. The Bertz CT molecular complexity index is 1750. The van der Waals surface area contributed by atoms with Crippen molar-refractivity contribution in [2.45, 2.75) is 39.5 Å². The zero-order valence-corrected chi connectivity index (χ0v) is 24.2. The molecule has 0 spiro atoms. The number of benzene rings is 1. The Morgan fingerprint density at radius 3 is 2.50 bits per heavy atom. The number of anilines is 2. The summed E-state index contributed by atoms with van der Waals surface area (Å²) in [6, 6.07) is 14.6. The van der Waals surface area contributed by atoms with Gasteiger partial charge in [0.05, 0.1) is 21.8 Å². The summed E-state index contributed by atoms with van der Waals surface area (Å²) in [5.41, 5.74) is 1.59. The molecule has 4 heterocycles. The van der Waals surface area contributed by atoms with Crippen LogP contribution >= 0.6 is 24.0 Å². The minimum atomic E-state index is -0.451. The summed E-state index contributed by atoms with van der Waals surface area (Å²) in [5.74, 6) is -0.0345. The number of pyridine rings is 1. The molecular weight excluding hydrogens is 544 g/mol. The molecule has 0 radical (unpaired) electrons. The van der Waals surface area contributed by atoms with E-state index in [9.17, 15) is 14.4 Å². The second-order valence-electron chi connectivity index (χ2n) is 9.52. The van der Waals surface area contributed by atoms with Gasteiger partial charge in [0.15, 0.2) is 4.32 Å². The Balaban J connectivity index is 1.55. The van der Waals surface area contributed by atoms with Crippen molar-refractivity contribution in [1.82, 2.24) is 18.7 Å². The molecule has 1 aliphatic rings. The fourth-order valence-electron chi connectivity index (χ4n) is 4.73. The molecule has 206 valence electrons. The maximum Gasteiger partial charge on any atom is 0.296 e. The van der Waals surface area contributed by atoms with E-state index in [1.807, 2.05) is 36.4 Å². The molecule has 1 N–H and O–H groups in total. The predicted molar refractivity (Wildman–Crippen MR) is 165 cm³/mol. The van der Waals surface area contributed by atoms with Crippen molar-refractivity contribution >= 4 is 57.4 Å². The fourth-order valence-corrected chi connectivity index (χ4v) is 5.98. The number of nitrogens with one attached hydrogen (secondary N) is 1. The van der Waals surface area contributed by atoms with Crippen molar-refractivity contribution in [3.05, 3.63) is 91.6 Å². The molecule has 40 heavy (non-hydrogen) atoms. The molecular formula is C29H30N6O3S2. The molecule has 3 aromatic heterocycles. The van der Waals surface area contributed by atoms with Gasteiger partial charge in [0.2, 0.25) is 0 Å². The number of thioether (sulfide) groups is 1. The Kier molecular flexibility index (Phi) is 8.04. The third-order valence-corrected chi connectivity index (χ3v) is 8.21. The van der Waals surface area contributed by atoms with E-state index in [0.29, 0.717) is 29.4 Å². The van der Waals surface area contributed by atoms with Crippen molar-refractivity contribution in [3.63, 3.8) is 0 Å².